The number of nitrogens with one attached hydrogen (secondary N) is 1. The smallest absolute Gasteiger partial charge is 0.341 e. The van der Waals surface area contributed by atoms with Crippen molar-refractivity contribution >= 4 is 39.7 Å². The fraction of sp³-hybridized carbons (Fsp3) is 0.0625. The van der Waals surface area contributed by atoms with E-state index in [-0.39, 0.29) is 12.5 Å². The Morgan fingerprint density at radius 3 is 2.62 bits per heavy atom. The van der Waals surface area contributed by atoms with E-state index in [9.17, 15) is 9.59 Å². The van der Waals surface area contributed by atoms with Gasteiger partial charge in [0, 0.05) is 10.9 Å². The van der Waals surface area contributed by atoms with Crippen LogP contribution in [0.25, 0.3) is 11.3 Å². The van der Waals surface area contributed by atoms with E-state index in [1.807, 2.05) is 16.8 Å². The highest BCUT2D eigenvalue weighted by Gasteiger charge is 2.11. The molecule has 0 unspecified atom stereocenters. The molecule has 0 atom stereocenters. The quantitative estimate of drug-likeness (QED) is 0.701. The molecule has 0 radical (unpaired) electrons. The number of rotatable bonds is 6. The van der Waals surface area contributed by atoms with Crippen LogP contribution >= 0.6 is 22.7 Å². The summed E-state index contributed by atoms with van der Waals surface area (Å²) in [5.41, 5.74) is 1.58. The minimum atomic E-state index is -1.02. The molecular weight excluding hydrogens is 348 g/mol. The molecule has 24 heavy (non-hydrogen) atoms. The Hall–Kier alpha value is -2.71. The van der Waals surface area contributed by atoms with Crippen LogP contribution in [0.1, 0.15) is 9.67 Å². The first-order chi connectivity index (χ1) is 11.6. The number of thiazole rings is 1. The van der Waals surface area contributed by atoms with Gasteiger partial charge in [-0.1, -0.05) is 6.07 Å². The van der Waals surface area contributed by atoms with Crippen molar-refractivity contribution in [1.29, 1.82) is 0 Å². The molecule has 2 N–H and O–H groups in total. The lowest BCUT2D eigenvalue weighted by Crippen LogP contribution is -2.09. The number of aliphatic carboxylic acids is 1. The molecule has 0 aliphatic carbocycles. The summed E-state index contributed by atoms with van der Waals surface area (Å²) in [6.45, 7) is -0.380. The van der Waals surface area contributed by atoms with Gasteiger partial charge in [-0.3, -0.25) is 10.1 Å². The van der Waals surface area contributed by atoms with Gasteiger partial charge in [-0.05, 0) is 35.7 Å². The maximum absolute atomic E-state index is 12.0. The van der Waals surface area contributed by atoms with Gasteiger partial charge in [-0.2, -0.15) is 0 Å². The topological polar surface area (TPSA) is 88.5 Å². The van der Waals surface area contributed by atoms with Crippen molar-refractivity contribution in [3.63, 3.8) is 0 Å². The number of hydrogen-bond acceptors (Lipinski definition) is 6. The first-order valence-electron chi connectivity index (χ1n) is 6.87. The normalized spacial score (nSPS) is 10.3. The number of carboxylic acids is 1. The van der Waals surface area contributed by atoms with Crippen LogP contribution in [0, 0.1) is 0 Å². The van der Waals surface area contributed by atoms with E-state index in [0.717, 1.165) is 11.3 Å². The lowest BCUT2D eigenvalue weighted by molar-refractivity contribution is -0.139. The number of carboxylic acid groups (broad SMARTS) is 1. The van der Waals surface area contributed by atoms with Gasteiger partial charge < -0.3 is 9.84 Å². The van der Waals surface area contributed by atoms with Gasteiger partial charge in [0.05, 0.1) is 10.6 Å². The Morgan fingerprint density at radius 1 is 1.17 bits per heavy atom. The van der Waals surface area contributed by atoms with E-state index >= 15 is 0 Å². The van der Waals surface area contributed by atoms with E-state index < -0.39 is 5.97 Å². The van der Waals surface area contributed by atoms with Gasteiger partial charge in [0.1, 0.15) is 5.75 Å². The van der Waals surface area contributed by atoms with Crippen LogP contribution in [-0.2, 0) is 4.79 Å². The van der Waals surface area contributed by atoms with Crippen LogP contribution in [0.2, 0.25) is 0 Å². The lowest BCUT2D eigenvalue weighted by atomic mass is 10.2. The Bertz CT molecular complexity index is 841. The number of carbonyl (C=O) groups is 2. The molecule has 0 spiro atoms. The maximum Gasteiger partial charge on any atom is 0.341 e. The molecule has 0 aliphatic heterocycles. The predicted octanol–water partition coefficient (Wildman–Crippen LogP) is 3.59. The van der Waals surface area contributed by atoms with Crippen LogP contribution in [0.5, 0.6) is 5.75 Å². The van der Waals surface area contributed by atoms with Crippen molar-refractivity contribution in [2.45, 2.75) is 0 Å². The minimum absolute atomic E-state index is 0.177. The SMILES string of the molecule is O=C(O)COc1ccc(-c2csc(NC(=O)c3cccs3)n2)cc1. The maximum atomic E-state index is 12.0. The standard InChI is InChI=1S/C16H12N2O4S2/c19-14(20)8-22-11-5-3-10(4-6-11)12-9-24-16(17-12)18-15(21)13-2-1-7-23-13/h1-7,9H,8H2,(H,19,20)(H,17,18,21). The van der Waals surface area contributed by atoms with E-state index in [0.29, 0.717) is 15.8 Å². The van der Waals surface area contributed by atoms with Crippen molar-refractivity contribution in [3.05, 3.63) is 52.0 Å². The zero-order valence-electron chi connectivity index (χ0n) is 12.3. The van der Waals surface area contributed by atoms with E-state index in [4.69, 9.17) is 9.84 Å². The lowest BCUT2D eigenvalue weighted by Gasteiger charge is -2.03. The van der Waals surface area contributed by atoms with Crippen LogP contribution < -0.4 is 10.1 Å². The van der Waals surface area contributed by atoms with Crippen LogP contribution in [0.15, 0.2) is 47.2 Å². The summed E-state index contributed by atoms with van der Waals surface area (Å²) in [7, 11) is 0. The Balaban J connectivity index is 1.66. The van der Waals surface area contributed by atoms with Crippen LogP contribution in [0.4, 0.5) is 5.13 Å². The largest absolute Gasteiger partial charge is 0.482 e. The molecule has 1 aromatic carbocycles. The van der Waals surface area contributed by atoms with Crippen molar-refractivity contribution in [2.75, 3.05) is 11.9 Å². The highest BCUT2D eigenvalue weighted by atomic mass is 32.1. The molecule has 0 fully saturated rings. The number of nitrogens with zero attached hydrogens (tertiary/aromatic N) is 1. The molecule has 0 saturated heterocycles. The van der Waals surface area contributed by atoms with Gasteiger partial charge >= 0.3 is 5.97 Å². The average molecular weight is 360 g/mol. The van der Waals surface area contributed by atoms with Gasteiger partial charge in [-0.25, -0.2) is 9.78 Å². The van der Waals surface area contributed by atoms with Gasteiger partial charge in [-0.15, -0.1) is 22.7 Å². The van der Waals surface area contributed by atoms with Gasteiger partial charge in [0.2, 0.25) is 0 Å². The summed E-state index contributed by atoms with van der Waals surface area (Å²) in [5.74, 6) is -0.726. The second-order valence-electron chi connectivity index (χ2n) is 4.68. The fourth-order valence-electron chi connectivity index (χ4n) is 1.90. The van der Waals surface area contributed by atoms with E-state index in [1.165, 1.54) is 22.7 Å². The molecule has 8 heteroatoms. The predicted molar refractivity (Wildman–Crippen MR) is 93.0 cm³/mol. The molecule has 3 aromatic rings. The number of hydrogen-bond donors (Lipinski definition) is 2. The molecule has 0 aliphatic rings. The van der Waals surface area contributed by atoms with Gasteiger partial charge in [0.15, 0.2) is 11.7 Å². The summed E-state index contributed by atoms with van der Waals surface area (Å²) in [6.07, 6.45) is 0. The summed E-state index contributed by atoms with van der Waals surface area (Å²) in [6, 6.07) is 10.5. The fourth-order valence-corrected chi connectivity index (χ4v) is 3.23. The van der Waals surface area contributed by atoms with E-state index in [2.05, 4.69) is 10.3 Å². The van der Waals surface area contributed by atoms with Crippen molar-refractivity contribution in [3.8, 4) is 17.0 Å². The molecule has 0 bridgehead atoms. The Morgan fingerprint density at radius 2 is 1.96 bits per heavy atom. The first-order valence-corrected chi connectivity index (χ1v) is 8.63. The molecule has 1 amide bonds. The van der Waals surface area contributed by atoms with E-state index in [1.54, 1.807) is 30.3 Å². The number of carbonyl (C=O) groups excluding carboxylic acids is 1. The van der Waals surface area contributed by atoms with Gasteiger partial charge in [0.25, 0.3) is 5.91 Å². The number of ether oxygens (including phenoxy) is 1. The highest BCUT2D eigenvalue weighted by Crippen LogP contribution is 2.27. The van der Waals surface area contributed by atoms with Crippen molar-refractivity contribution in [1.82, 2.24) is 4.98 Å². The third-order valence-electron chi connectivity index (χ3n) is 2.98. The summed E-state index contributed by atoms with van der Waals surface area (Å²) >= 11 is 2.71. The second kappa shape index (κ2) is 7.24. The number of anilines is 1. The minimum Gasteiger partial charge on any atom is -0.482 e. The van der Waals surface area contributed by atoms with Crippen molar-refractivity contribution < 1.29 is 19.4 Å². The summed E-state index contributed by atoms with van der Waals surface area (Å²) < 4.78 is 5.08. The third-order valence-corrected chi connectivity index (χ3v) is 4.61. The highest BCUT2D eigenvalue weighted by molar-refractivity contribution is 7.14. The molecular formula is C16H12N2O4S2. The van der Waals surface area contributed by atoms with Crippen LogP contribution in [-0.4, -0.2) is 28.6 Å². The molecule has 122 valence electrons. The second-order valence-corrected chi connectivity index (χ2v) is 6.48. The molecule has 3 rings (SSSR count). The van der Waals surface area contributed by atoms with Crippen LogP contribution in [0.3, 0.4) is 0 Å². The molecule has 0 saturated carbocycles. The first kappa shape index (κ1) is 16.2. The molecule has 6 nitrogen and oxygen atoms in total. The Kier molecular flexibility index (Phi) is 4.88. The summed E-state index contributed by atoms with van der Waals surface area (Å²) in [4.78, 5) is 27.5. The third kappa shape index (κ3) is 3.98. The molecule has 2 aromatic heterocycles. The number of thiophene rings is 1. The monoisotopic (exact) mass is 360 g/mol. The number of amides is 1. The van der Waals surface area contributed by atoms with Crippen molar-refractivity contribution in [2.24, 2.45) is 0 Å². The average Bonchev–Trinajstić information content (AvgIpc) is 3.25. The number of benzene rings is 1. The Labute approximate surface area is 145 Å². The number of aromatic nitrogens is 1. The zero-order valence-corrected chi connectivity index (χ0v) is 13.9. The zero-order chi connectivity index (χ0) is 16.9. The molecule has 2 heterocycles. The summed E-state index contributed by atoms with van der Waals surface area (Å²) in [5, 5.41) is 15.6.